The van der Waals surface area contributed by atoms with E-state index in [1.54, 1.807) is 48.8 Å². The minimum atomic E-state index is -0.247. The van der Waals surface area contributed by atoms with Crippen LogP contribution in [0.15, 0.2) is 61.2 Å². The van der Waals surface area contributed by atoms with Gasteiger partial charge in [-0.2, -0.15) is 0 Å². The van der Waals surface area contributed by atoms with Crippen molar-refractivity contribution >= 4 is 34.5 Å². The van der Waals surface area contributed by atoms with Crippen molar-refractivity contribution in [1.82, 2.24) is 19.1 Å². The zero-order valence-electron chi connectivity index (χ0n) is 22.0. The molecule has 1 saturated carbocycles. The summed E-state index contributed by atoms with van der Waals surface area (Å²) in [6.45, 7) is 1.45. The lowest BCUT2D eigenvalue weighted by Gasteiger charge is -2.26. The van der Waals surface area contributed by atoms with Crippen molar-refractivity contribution in [2.75, 3.05) is 24.4 Å². The van der Waals surface area contributed by atoms with Crippen molar-refractivity contribution in [1.29, 1.82) is 0 Å². The maximum Gasteiger partial charge on any atom is 0.257 e. The maximum atomic E-state index is 13.1. The number of benzene rings is 2. The topological polar surface area (TPSA) is 94.3 Å². The van der Waals surface area contributed by atoms with Crippen LogP contribution in [-0.4, -0.2) is 45.1 Å². The number of fused-ring (bicyclic) bond motifs is 1. The normalized spacial score (nSPS) is 13.9. The van der Waals surface area contributed by atoms with Gasteiger partial charge in [-0.15, -0.1) is 0 Å². The fourth-order valence-corrected chi connectivity index (χ4v) is 5.15. The van der Waals surface area contributed by atoms with Crippen molar-refractivity contribution in [3.63, 3.8) is 0 Å². The monoisotopic (exact) mass is 514 g/mol. The van der Waals surface area contributed by atoms with Gasteiger partial charge in [0.25, 0.3) is 5.91 Å². The second-order valence-electron chi connectivity index (χ2n) is 9.83. The first kappa shape index (κ1) is 25.5. The van der Waals surface area contributed by atoms with E-state index >= 15 is 0 Å². The van der Waals surface area contributed by atoms with Gasteiger partial charge in [-0.25, -0.2) is 9.97 Å². The van der Waals surface area contributed by atoms with Crippen LogP contribution in [0, 0.1) is 5.92 Å². The van der Waals surface area contributed by atoms with E-state index in [4.69, 9.17) is 9.72 Å². The predicted molar refractivity (Wildman–Crippen MR) is 148 cm³/mol. The molecule has 38 heavy (non-hydrogen) atoms. The molecule has 9 heteroatoms. The molecule has 0 atom stereocenters. The molecular weight excluding hydrogens is 480 g/mol. The zero-order chi connectivity index (χ0) is 26.5. The van der Waals surface area contributed by atoms with Gasteiger partial charge in [0.2, 0.25) is 11.9 Å². The summed E-state index contributed by atoms with van der Waals surface area (Å²) >= 11 is 0. The Morgan fingerprint density at radius 3 is 2.58 bits per heavy atom. The van der Waals surface area contributed by atoms with E-state index in [-0.39, 0.29) is 17.7 Å². The van der Waals surface area contributed by atoms with Gasteiger partial charge in [-0.05, 0) is 61.7 Å². The van der Waals surface area contributed by atoms with E-state index in [1.165, 1.54) is 6.42 Å². The fraction of sp³-hybridized carbons (Fsp3) is 0.379. The first-order valence-corrected chi connectivity index (χ1v) is 13.2. The van der Waals surface area contributed by atoms with Gasteiger partial charge >= 0.3 is 0 Å². The number of aromatic nitrogens is 4. The van der Waals surface area contributed by atoms with Gasteiger partial charge in [0.15, 0.2) is 0 Å². The average molecular weight is 515 g/mol. The summed E-state index contributed by atoms with van der Waals surface area (Å²) in [5, 5.41) is 2.99. The zero-order valence-corrected chi connectivity index (χ0v) is 22.0. The number of hydrogen-bond donors (Lipinski definition) is 1. The molecule has 2 aromatic carbocycles. The molecule has 9 nitrogen and oxygen atoms in total. The quantitative estimate of drug-likeness (QED) is 0.334. The lowest BCUT2D eigenvalue weighted by atomic mass is 9.88. The maximum absolute atomic E-state index is 13.1. The van der Waals surface area contributed by atoms with E-state index < -0.39 is 0 Å². The molecular formula is C29H34N6O3. The van der Waals surface area contributed by atoms with Gasteiger partial charge < -0.3 is 18.8 Å². The Bertz CT molecular complexity index is 1390. The molecule has 0 saturated heterocycles. The number of carbonyl (C=O) groups excluding carboxylic acids is 2. The van der Waals surface area contributed by atoms with Gasteiger partial charge in [-0.3, -0.25) is 14.9 Å². The Hall–Kier alpha value is -4.14. The Balaban J connectivity index is 1.41. The third kappa shape index (κ3) is 5.56. The average Bonchev–Trinajstić information content (AvgIpc) is 3.60. The highest BCUT2D eigenvalue weighted by Gasteiger charge is 2.25. The van der Waals surface area contributed by atoms with E-state index in [1.807, 2.05) is 40.6 Å². The number of ether oxygens (including phenoxy) is 1. The Labute approximate surface area is 222 Å². The van der Waals surface area contributed by atoms with Crippen molar-refractivity contribution in [2.45, 2.75) is 51.6 Å². The molecule has 4 aromatic rings. The second-order valence-corrected chi connectivity index (χ2v) is 9.83. The second kappa shape index (κ2) is 11.5. The van der Waals surface area contributed by atoms with Crippen LogP contribution in [0.2, 0.25) is 0 Å². The number of rotatable bonds is 9. The highest BCUT2D eigenvalue weighted by molar-refractivity contribution is 6.04. The van der Waals surface area contributed by atoms with Gasteiger partial charge in [0.05, 0.1) is 24.5 Å². The Kier molecular flexibility index (Phi) is 7.72. The van der Waals surface area contributed by atoms with Crippen LogP contribution >= 0.6 is 0 Å². The molecule has 0 bridgehead atoms. The predicted octanol–water partition coefficient (Wildman–Crippen LogP) is 5.13. The van der Waals surface area contributed by atoms with Crippen LogP contribution in [-0.2, 0) is 17.9 Å². The fourth-order valence-electron chi connectivity index (χ4n) is 5.15. The summed E-state index contributed by atoms with van der Waals surface area (Å²) in [6, 6.07) is 12.9. The molecule has 198 valence electrons. The Morgan fingerprint density at radius 1 is 1.08 bits per heavy atom. The largest absolute Gasteiger partial charge is 0.497 e. The molecule has 2 amide bonds. The minimum Gasteiger partial charge on any atom is -0.497 e. The molecule has 5 rings (SSSR count). The lowest BCUT2D eigenvalue weighted by molar-refractivity contribution is -0.123. The third-order valence-electron chi connectivity index (χ3n) is 7.34. The number of nitrogens with zero attached hydrogens (tertiary/aromatic N) is 5. The molecule has 1 fully saturated rings. The molecule has 2 aromatic heterocycles. The molecule has 0 aliphatic heterocycles. The summed E-state index contributed by atoms with van der Waals surface area (Å²) in [6.07, 6.45) is 11.7. The number of methoxy groups -OCH3 is 1. The molecule has 1 aliphatic rings. The first-order chi connectivity index (χ1) is 18.5. The van der Waals surface area contributed by atoms with Gasteiger partial charge in [-0.1, -0.05) is 19.3 Å². The van der Waals surface area contributed by atoms with E-state index in [0.29, 0.717) is 23.8 Å². The van der Waals surface area contributed by atoms with Crippen molar-refractivity contribution < 1.29 is 14.3 Å². The lowest BCUT2D eigenvalue weighted by Crippen LogP contribution is -2.33. The highest BCUT2D eigenvalue weighted by atomic mass is 16.5. The van der Waals surface area contributed by atoms with E-state index in [9.17, 15) is 9.59 Å². The van der Waals surface area contributed by atoms with Crippen LogP contribution in [0.3, 0.4) is 0 Å². The highest BCUT2D eigenvalue weighted by Crippen LogP contribution is 2.30. The number of carbonyl (C=O) groups is 2. The van der Waals surface area contributed by atoms with E-state index in [2.05, 4.69) is 10.3 Å². The van der Waals surface area contributed by atoms with Crippen LogP contribution in [0.5, 0.6) is 5.75 Å². The van der Waals surface area contributed by atoms with Crippen LogP contribution in [0.25, 0.3) is 11.0 Å². The molecule has 1 aliphatic carbocycles. The molecule has 0 radical (unpaired) electrons. The van der Waals surface area contributed by atoms with Crippen molar-refractivity contribution in [3.8, 4) is 5.75 Å². The first-order valence-electron chi connectivity index (χ1n) is 13.2. The van der Waals surface area contributed by atoms with Gasteiger partial charge in [0.1, 0.15) is 5.75 Å². The summed E-state index contributed by atoms with van der Waals surface area (Å²) in [5.41, 5.74) is 2.96. The van der Waals surface area contributed by atoms with Crippen LogP contribution in [0.4, 0.5) is 11.6 Å². The number of aryl methyl sites for hydroxylation is 2. The third-order valence-corrected chi connectivity index (χ3v) is 7.34. The van der Waals surface area contributed by atoms with Crippen LogP contribution in [0.1, 0.15) is 48.9 Å². The summed E-state index contributed by atoms with van der Waals surface area (Å²) in [7, 11) is 3.43. The number of amides is 2. The standard InChI is InChI=1S/C29H34N6O3/c1-33(28(37)22-7-4-3-5-8-22)23-11-14-26-25(19-23)31-29(35(26)17-6-16-34-18-15-30-20-34)32-27(36)21-9-12-24(38-2)13-10-21/h9-15,18-20,22H,3-8,16-17H2,1-2H3,(H,31,32,36). The Morgan fingerprint density at radius 2 is 1.87 bits per heavy atom. The summed E-state index contributed by atoms with van der Waals surface area (Å²) < 4.78 is 9.26. The number of hydrogen-bond acceptors (Lipinski definition) is 5. The van der Waals surface area contributed by atoms with E-state index in [0.717, 1.165) is 55.4 Å². The molecule has 0 unspecified atom stereocenters. The molecule has 1 N–H and O–H groups in total. The summed E-state index contributed by atoms with van der Waals surface area (Å²) in [5.74, 6) is 1.17. The number of imidazole rings is 2. The van der Waals surface area contributed by atoms with Crippen molar-refractivity contribution in [3.05, 3.63) is 66.7 Å². The molecule has 2 heterocycles. The molecule has 0 spiro atoms. The van der Waals surface area contributed by atoms with Crippen molar-refractivity contribution in [2.24, 2.45) is 5.92 Å². The van der Waals surface area contributed by atoms with Gasteiger partial charge in [0, 0.05) is 49.7 Å². The minimum absolute atomic E-state index is 0.0875. The summed E-state index contributed by atoms with van der Waals surface area (Å²) in [4.78, 5) is 36.9. The van der Waals surface area contributed by atoms with Crippen LogP contribution < -0.4 is 15.0 Å². The number of anilines is 2. The smallest absolute Gasteiger partial charge is 0.257 e. The SMILES string of the molecule is COc1ccc(C(=O)Nc2nc3cc(N(C)C(=O)C4CCCCC4)ccc3n2CCCn2ccnc2)cc1. The number of nitrogens with one attached hydrogen (secondary N) is 1.